The molecule has 0 heterocycles. The molecular formula is C22H21N3O2. The maximum absolute atomic E-state index is 13.0. The molecule has 3 aromatic rings. The van der Waals surface area contributed by atoms with E-state index in [1.54, 1.807) is 29.2 Å². The Hall–Kier alpha value is -3.60. The van der Waals surface area contributed by atoms with Crippen LogP contribution in [0.1, 0.15) is 12.5 Å². The van der Waals surface area contributed by atoms with E-state index in [4.69, 9.17) is 0 Å². The number of para-hydroxylation sites is 1. The van der Waals surface area contributed by atoms with Crippen LogP contribution in [0.3, 0.4) is 0 Å². The highest BCUT2D eigenvalue weighted by atomic mass is 16.2. The molecule has 136 valence electrons. The zero-order valence-electron chi connectivity index (χ0n) is 15.1. The molecule has 0 aliphatic heterocycles. The average Bonchev–Trinajstić information content (AvgIpc) is 2.67. The molecule has 0 fully saturated rings. The normalized spacial score (nSPS) is 10.1. The summed E-state index contributed by atoms with van der Waals surface area (Å²) in [4.78, 5) is 25.9. The van der Waals surface area contributed by atoms with E-state index in [2.05, 4.69) is 10.6 Å². The van der Waals surface area contributed by atoms with E-state index in [9.17, 15) is 9.59 Å². The first-order valence-corrected chi connectivity index (χ1v) is 8.67. The molecule has 5 nitrogen and oxygen atoms in total. The van der Waals surface area contributed by atoms with E-state index >= 15 is 0 Å². The number of hydrogen-bond acceptors (Lipinski definition) is 2. The summed E-state index contributed by atoms with van der Waals surface area (Å²) in [6, 6.07) is 26.2. The second kappa shape index (κ2) is 8.67. The molecule has 0 saturated carbocycles. The largest absolute Gasteiger partial charge is 0.326 e. The Morgan fingerprint density at radius 2 is 1.37 bits per heavy atom. The number of carbonyl (C=O) groups excluding carboxylic acids is 2. The SMILES string of the molecule is CC(=O)Nc1cccc(NC(=O)N(Cc2ccccc2)c2ccccc2)c1. The molecule has 0 saturated heterocycles. The van der Waals surface area contributed by atoms with Crippen LogP contribution in [0.2, 0.25) is 0 Å². The molecule has 0 unspecified atom stereocenters. The number of amides is 3. The topological polar surface area (TPSA) is 61.4 Å². The molecule has 0 aliphatic rings. The summed E-state index contributed by atoms with van der Waals surface area (Å²) < 4.78 is 0. The fraction of sp³-hybridized carbons (Fsp3) is 0.0909. The molecule has 2 N–H and O–H groups in total. The molecule has 3 amide bonds. The summed E-state index contributed by atoms with van der Waals surface area (Å²) in [5, 5.41) is 5.63. The summed E-state index contributed by atoms with van der Waals surface area (Å²) in [6.07, 6.45) is 0. The predicted octanol–water partition coefficient (Wildman–Crippen LogP) is 4.88. The lowest BCUT2D eigenvalue weighted by atomic mass is 10.2. The van der Waals surface area contributed by atoms with Crippen LogP contribution in [0.5, 0.6) is 0 Å². The second-order valence-corrected chi connectivity index (χ2v) is 6.10. The number of nitrogens with one attached hydrogen (secondary N) is 2. The minimum absolute atomic E-state index is 0.159. The lowest BCUT2D eigenvalue weighted by molar-refractivity contribution is -0.114. The van der Waals surface area contributed by atoms with E-state index < -0.39 is 0 Å². The highest BCUT2D eigenvalue weighted by molar-refractivity contribution is 6.02. The number of nitrogens with zero attached hydrogens (tertiary/aromatic N) is 1. The Labute approximate surface area is 158 Å². The van der Waals surface area contributed by atoms with E-state index in [-0.39, 0.29) is 11.9 Å². The summed E-state index contributed by atoms with van der Waals surface area (Å²) in [5.41, 5.74) is 3.08. The van der Waals surface area contributed by atoms with Gasteiger partial charge in [-0.1, -0.05) is 54.6 Å². The fourth-order valence-corrected chi connectivity index (χ4v) is 2.72. The van der Waals surface area contributed by atoms with Crippen LogP contribution in [0, 0.1) is 0 Å². The van der Waals surface area contributed by atoms with E-state index in [1.807, 2.05) is 60.7 Å². The van der Waals surface area contributed by atoms with Gasteiger partial charge in [-0.2, -0.15) is 0 Å². The lowest BCUT2D eigenvalue weighted by Crippen LogP contribution is -2.34. The predicted molar refractivity (Wildman–Crippen MR) is 109 cm³/mol. The zero-order valence-corrected chi connectivity index (χ0v) is 15.1. The Morgan fingerprint density at radius 1 is 0.778 bits per heavy atom. The van der Waals surface area contributed by atoms with Gasteiger partial charge in [0, 0.05) is 24.0 Å². The molecule has 0 aromatic heterocycles. The van der Waals surface area contributed by atoms with Gasteiger partial charge >= 0.3 is 6.03 Å². The van der Waals surface area contributed by atoms with Crippen molar-refractivity contribution in [2.75, 3.05) is 15.5 Å². The van der Waals surface area contributed by atoms with Crippen molar-refractivity contribution in [2.45, 2.75) is 13.5 Å². The first-order valence-electron chi connectivity index (χ1n) is 8.67. The van der Waals surface area contributed by atoms with Gasteiger partial charge < -0.3 is 10.6 Å². The Kier molecular flexibility index (Phi) is 5.84. The maximum Gasteiger partial charge on any atom is 0.326 e. The van der Waals surface area contributed by atoms with Crippen molar-refractivity contribution < 1.29 is 9.59 Å². The Bertz CT molecular complexity index is 911. The molecular weight excluding hydrogens is 338 g/mol. The van der Waals surface area contributed by atoms with Crippen molar-refractivity contribution in [3.05, 3.63) is 90.5 Å². The molecule has 0 spiro atoms. The fourth-order valence-electron chi connectivity index (χ4n) is 2.72. The van der Waals surface area contributed by atoms with Gasteiger partial charge in [-0.05, 0) is 35.9 Å². The van der Waals surface area contributed by atoms with Crippen LogP contribution in [0.15, 0.2) is 84.9 Å². The third-order valence-corrected chi connectivity index (χ3v) is 3.93. The van der Waals surface area contributed by atoms with Gasteiger partial charge in [-0.15, -0.1) is 0 Å². The maximum atomic E-state index is 13.0. The second-order valence-electron chi connectivity index (χ2n) is 6.10. The summed E-state index contributed by atoms with van der Waals surface area (Å²) >= 11 is 0. The molecule has 0 bridgehead atoms. The summed E-state index contributed by atoms with van der Waals surface area (Å²) in [5.74, 6) is -0.159. The van der Waals surface area contributed by atoms with E-state index in [0.29, 0.717) is 17.9 Å². The zero-order chi connectivity index (χ0) is 19.1. The smallest absolute Gasteiger partial charge is 0.326 e. The lowest BCUT2D eigenvalue weighted by Gasteiger charge is -2.23. The Morgan fingerprint density at radius 3 is 2.00 bits per heavy atom. The third-order valence-electron chi connectivity index (χ3n) is 3.93. The van der Waals surface area contributed by atoms with Gasteiger partial charge in [-0.25, -0.2) is 4.79 Å². The number of anilines is 3. The molecule has 3 aromatic carbocycles. The number of hydrogen-bond donors (Lipinski definition) is 2. The van der Waals surface area contributed by atoms with Crippen molar-refractivity contribution in [3.63, 3.8) is 0 Å². The number of urea groups is 1. The highest BCUT2D eigenvalue weighted by Gasteiger charge is 2.16. The van der Waals surface area contributed by atoms with Crippen molar-refractivity contribution >= 4 is 29.0 Å². The molecule has 27 heavy (non-hydrogen) atoms. The molecule has 3 rings (SSSR count). The first kappa shape index (κ1) is 18.2. The minimum Gasteiger partial charge on any atom is -0.326 e. The van der Waals surface area contributed by atoms with Crippen molar-refractivity contribution in [2.24, 2.45) is 0 Å². The highest BCUT2D eigenvalue weighted by Crippen LogP contribution is 2.20. The van der Waals surface area contributed by atoms with Crippen LogP contribution in [-0.2, 0) is 11.3 Å². The van der Waals surface area contributed by atoms with Crippen LogP contribution >= 0.6 is 0 Å². The van der Waals surface area contributed by atoms with Gasteiger partial charge in [-0.3, -0.25) is 9.69 Å². The van der Waals surface area contributed by atoms with Gasteiger partial charge in [0.1, 0.15) is 0 Å². The van der Waals surface area contributed by atoms with Crippen LogP contribution in [0.4, 0.5) is 21.9 Å². The average molecular weight is 359 g/mol. The standard InChI is InChI=1S/C22H21N3O2/c1-17(26)23-19-11-8-12-20(15-19)24-22(27)25(21-13-6-3-7-14-21)16-18-9-4-2-5-10-18/h2-15H,16H2,1H3,(H,23,26)(H,24,27). The monoisotopic (exact) mass is 359 g/mol. The summed E-state index contributed by atoms with van der Waals surface area (Å²) in [6.45, 7) is 1.89. The number of carbonyl (C=O) groups is 2. The quantitative estimate of drug-likeness (QED) is 0.682. The first-order chi connectivity index (χ1) is 13.1. The van der Waals surface area contributed by atoms with Crippen molar-refractivity contribution in [1.82, 2.24) is 0 Å². The van der Waals surface area contributed by atoms with Crippen molar-refractivity contribution in [3.8, 4) is 0 Å². The van der Waals surface area contributed by atoms with Gasteiger partial charge in [0.05, 0.1) is 6.54 Å². The molecule has 0 atom stereocenters. The van der Waals surface area contributed by atoms with Gasteiger partial charge in [0.25, 0.3) is 0 Å². The minimum atomic E-state index is -0.245. The van der Waals surface area contributed by atoms with Crippen LogP contribution in [-0.4, -0.2) is 11.9 Å². The number of rotatable bonds is 5. The number of benzene rings is 3. The van der Waals surface area contributed by atoms with Gasteiger partial charge in [0.2, 0.25) is 5.91 Å². The van der Waals surface area contributed by atoms with Gasteiger partial charge in [0.15, 0.2) is 0 Å². The van der Waals surface area contributed by atoms with Crippen LogP contribution < -0.4 is 15.5 Å². The van der Waals surface area contributed by atoms with E-state index in [1.165, 1.54) is 6.92 Å². The van der Waals surface area contributed by atoms with Crippen LogP contribution in [0.25, 0.3) is 0 Å². The molecule has 0 radical (unpaired) electrons. The van der Waals surface area contributed by atoms with Crippen molar-refractivity contribution in [1.29, 1.82) is 0 Å². The summed E-state index contributed by atoms with van der Waals surface area (Å²) in [7, 11) is 0. The Balaban J connectivity index is 1.82. The third kappa shape index (κ3) is 5.19. The molecule has 0 aliphatic carbocycles. The van der Waals surface area contributed by atoms with E-state index in [0.717, 1.165) is 11.3 Å². The molecule has 5 heteroatoms.